The maximum Gasteiger partial charge on any atom is 0.254 e. The van der Waals surface area contributed by atoms with E-state index in [0.717, 1.165) is 16.7 Å². The summed E-state index contributed by atoms with van der Waals surface area (Å²) in [5.41, 5.74) is 2.80. The standard InChI is InChI=1S/C14H18N2O/c1-4-16(9-5-8-15)14(17)13-10-11(2)6-7-12(13)3/h6-7,10H,4-5,9H2,1-3H3. The molecule has 0 bridgehead atoms. The topological polar surface area (TPSA) is 44.1 Å². The zero-order valence-corrected chi connectivity index (χ0v) is 10.7. The van der Waals surface area contributed by atoms with Crippen LogP contribution in [-0.4, -0.2) is 23.9 Å². The van der Waals surface area contributed by atoms with Crippen molar-refractivity contribution >= 4 is 5.91 Å². The number of carbonyl (C=O) groups is 1. The Labute approximate surface area is 103 Å². The second-order valence-corrected chi connectivity index (χ2v) is 4.11. The molecule has 0 aromatic heterocycles. The van der Waals surface area contributed by atoms with Gasteiger partial charge in [-0.25, -0.2) is 0 Å². The van der Waals surface area contributed by atoms with E-state index in [2.05, 4.69) is 6.07 Å². The maximum atomic E-state index is 12.3. The summed E-state index contributed by atoms with van der Waals surface area (Å²) < 4.78 is 0. The predicted molar refractivity (Wildman–Crippen MR) is 67.7 cm³/mol. The fourth-order valence-electron chi connectivity index (χ4n) is 1.72. The Kier molecular flexibility index (Phi) is 4.71. The third-order valence-electron chi connectivity index (χ3n) is 2.79. The molecular formula is C14H18N2O. The van der Waals surface area contributed by atoms with Crippen LogP contribution in [0.3, 0.4) is 0 Å². The first kappa shape index (κ1) is 13.2. The van der Waals surface area contributed by atoms with Gasteiger partial charge in [0.2, 0.25) is 0 Å². The van der Waals surface area contributed by atoms with Crippen LogP contribution in [0.4, 0.5) is 0 Å². The zero-order chi connectivity index (χ0) is 12.8. The van der Waals surface area contributed by atoms with Crippen molar-refractivity contribution in [2.24, 2.45) is 0 Å². The van der Waals surface area contributed by atoms with Crippen LogP contribution in [0.2, 0.25) is 0 Å². The van der Waals surface area contributed by atoms with Crippen LogP contribution in [0, 0.1) is 25.2 Å². The number of hydrogen-bond acceptors (Lipinski definition) is 2. The lowest BCUT2D eigenvalue weighted by Gasteiger charge is -2.20. The van der Waals surface area contributed by atoms with Crippen molar-refractivity contribution in [3.05, 3.63) is 34.9 Å². The Balaban J connectivity index is 2.94. The average Bonchev–Trinajstić information content (AvgIpc) is 2.33. The van der Waals surface area contributed by atoms with Gasteiger partial charge in [0.25, 0.3) is 5.91 Å². The highest BCUT2D eigenvalue weighted by molar-refractivity contribution is 5.95. The normalized spacial score (nSPS) is 9.76. The van der Waals surface area contributed by atoms with E-state index in [1.165, 1.54) is 0 Å². The predicted octanol–water partition coefficient (Wildman–Crippen LogP) is 2.68. The first-order chi connectivity index (χ1) is 8.10. The largest absolute Gasteiger partial charge is 0.338 e. The van der Waals surface area contributed by atoms with Crippen molar-refractivity contribution < 1.29 is 4.79 Å². The Morgan fingerprint density at radius 3 is 2.71 bits per heavy atom. The van der Waals surface area contributed by atoms with E-state index in [9.17, 15) is 4.79 Å². The minimum absolute atomic E-state index is 0.0175. The summed E-state index contributed by atoms with van der Waals surface area (Å²) >= 11 is 0. The van der Waals surface area contributed by atoms with Gasteiger partial charge < -0.3 is 4.90 Å². The van der Waals surface area contributed by atoms with E-state index in [0.29, 0.717) is 19.5 Å². The molecular weight excluding hydrogens is 212 g/mol. The highest BCUT2D eigenvalue weighted by Gasteiger charge is 2.15. The molecule has 1 amide bonds. The Morgan fingerprint density at radius 2 is 2.12 bits per heavy atom. The lowest BCUT2D eigenvalue weighted by molar-refractivity contribution is 0.0767. The lowest BCUT2D eigenvalue weighted by Crippen LogP contribution is -2.32. The minimum Gasteiger partial charge on any atom is -0.338 e. The van der Waals surface area contributed by atoms with Crippen LogP contribution in [-0.2, 0) is 0 Å². The van der Waals surface area contributed by atoms with E-state index in [1.54, 1.807) is 4.90 Å². The quantitative estimate of drug-likeness (QED) is 0.798. The number of benzene rings is 1. The molecule has 0 fully saturated rings. The SMILES string of the molecule is CCN(CCC#N)C(=O)c1cc(C)ccc1C. The van der Waals surface area contributed by atoms with Gasteiger partial charge in [-0.15, -0.1) is 0 Å². The van der Waals surface area contributed by atoms with Crippen molar-refractivity contribution in [3.63, 3.8) is 0 Å². The van der Waals surface area contributed by atoms with Gasteiger partial charge in [-0.05, 0) is 32.4 Å². The molecule has 17 heavy (non-hydrogen) atoms. The molecule has 0 aliphatic heterocycles. The first-order valence-electron chi connectivity index (χ1n) is 5.83. The van der Waals surface area contributed by atoms with Crippen molar-refractivity contribution in [1.29, 1.82) is 5.26 Å². The average molecular weight is 230 g/mol. The van der Waals surface area contributed by atoms with Gasteiger partial charge in [-0.2, -0.15) is 5.26 Å². The Hall–Kier alpha value is -1.82. The van der Waals surface area contributed by atoms with E-state index < -0.39 is 0 Å². The number of hydrogen-bond donors (Lipinski definition) is 0. The fraction of sp³-hybridized carbons (Fsp3) is 0.429. The summed E-state index contributed by atoms with van der Waals surface area (Å²) in [4.78, 5) is 14.0. The molecule has 0 N–H and O–H groups in total. The molecule has 0 saturated carbocycles. The van der Waals surface area contributed by atoms with Gasteiger partial charge in [0.05, 0.1) is 12.5 Å². The van der Waals surface area contributed by atoms with Crippen LogP contribution in [0.5, 0.6) is 0 Å². The number of carbonyl (C=O) groups excluding carboxylic acids is 1. The van der Waals surface area contributed by atoms with Crippen LogP contribution < -0.4 is 0 Å². The summed E-state index contributed by atoms with van der Waals surface area (Å²) in [6, 6.07) is 7.94. The molecule has 0 radical (unpaired) electrons. The van der Waals surface area contributed by atoms with E-state index in [4.69, 9.17) is 5.26 Å². The molecule has 1 rings (SSSR count). The van der Waals surface area contributed by atoms with E-state index >= 15 is 0 Å². The molecule has 90 valence electrons. The van der Waals surface area contributed by atoms with Crippen molar-refractivity contribution in [1.82, 2.24) is 4.90 Å². The summed E-state index contributed by atoms with van der Waals surface area (Å²) in [7, 11) is 0. The van der Waals surface area contributed by atoms with Gasteiger partial charge in [0.15, 0.2) is 0 Å². The number of aryl methyl sites for hydroxylation is 2. The van der Waals surface area contributed by atoms with Crippen LogP contribution in [0.25, 0.3) is 0 Å². The summed E-state index contributed by atoms with van der Waals surface area (Å²) in [5.74, 6) is 0.0175. The van der Waals surface area contributed by atoms with Gasteiger partial charge >= 0.3 is 0 Å². The molecule has 1 aromatic rings. The molecule has 0 aliphatic rings. The first-order valence-corrected chi connectivity index (χ1v) is 5.83. The highest BCUT2D eigenvalue weighted by atomic mass is 16.2. The van der Waals surface area contributed by atoms with Gasteiger partial charge in [0, 0.05) is 18.7 Å². The molecule has 0 heterocycles. The Morgan fingerprint density at radius 1 is 1.41 bits per heavy atom. The van der Waals surface area contributed by atoms with E-state index in [-0.39, 0.29) is 5.91 Å². The molecule has 1 aromatic carbocycles. The second kappa shape index (κ2) is 6.05. The minimum atomic E-state index is 0.0175. The van der Waals surface area contributed by atoms with Gasteiger partial charge in [-0.1, -0.05) is 17.7 Å². The molecule has 0 atom stereocenters. The molecule has 3 heteroatoms. The summed E-state index contributed by atoms with van der Waals surface area (Å²) in [5, 5.41) is 8.57. The van der Waals surface area contributed by atoms with Crippen LogP contribution in [0.15, 0.2) is 18.2 Å². The number of rotatable bonds is 4. The third-order valence-corrected chi connectivity index (χ3v) is 2.79. The Bertz CT molecular complexity index is 446. The van der Waals surface area contributed by atoms with Crippen LogP contribution >= 0.6 is 0 Å². The summed E-state index contributed by atoms with van der Waals surface area (Å²) in [6.45, 7) is 6.97. The molecule has 0 spiro atoms. The number of amides is 1. The smallest absolute Gasteiger partial charge is 0.254 e. The summed E-state index contributed by atoms with van der Waals surface area (Å²) in [6.07, 6.45) is 0.379. The number of nitriles is 1. The molecule has 0 unspecified atom stereocenters. The molecule has 0 aliphatic carbocycles. The lowest BCUT2D eigenvalue weighted by atomic mass is 10.0. The van der Waals surface area contributed by atoms with Crippen molar-refractivity contribution in [2.45, 2.75) is 27.2 Å². The van der Waals surface area contributed by atoms with Crippen molar-refractivity contribution in [2.75, 3.05) is 13.1 Å². The van der Waals surface area contributed by atoms with Gasteiger partial charge in [-0.3, -0.25) is 4.79 Å². The van der Waals surface area contributed by atoms with Crippen LogP contribution in [0.1, 0.15) is 34.8 Å². The third kappa shape index (κ3) is 3.32. The monoisotopic (exact) mass is 230 g/mol. The zero-order valence-electron chi connectivity index (χ0n) is 10.7. The second-order valence-electron chi connectivity index (χ2n) is 4.11. The molecule has 0 saturated heterocycles. The van der Waals surface area contributed by atoms with Gasteiger partial charge in [0.1, 0.15) is 0 Å². The fourth-order valence-corrected chi connectivity index (χ4v) is 1.72. The molecule has 3 nitrogen and oxygen atoms in total. The number of nitrogens with zero attached hydrogens (tertiary/aromatic N) is 2. The highest BCUT2D eigenvalue weighted by Crippen LogP contribution is 2.13. The van der Waals surface area contributed by atoms with Crippen molar-refractivity contribution in [3.8, 4) is 6.07 Å². The van der Waals surface area contributed by atoms with E-state index in [1.807, 2.05) is 39.0 Å². The maximum absolute atomic E-state index is 12.3.